The fourth-order valence-corrected chi connectivity index (χ4v) is 2.59. The first-order valence-electron chi connectivity index (χ1n) is 5.50. The van der Waals surface area contributed by atoms with Crippen molar-refractivity contribution in [2.75, 3.05) is 20.1 Å². The summed E-state index contributed by atoms with van der Waals surface area (Å²) in [5.74, 6) is 0. The smallest absolute Gasteiger partial charge is 0.116 e. The highest BCUT2D eigenvalue weighted by Crippen LogP contribution is 2.36. The number of rotatable bonds is 2. The van der Waals surface area contributed by atoms with Crippen LogP contribution in [0.2, 0.25) is 0 Å². The van der Waals surface area contributed by atoms with E-state index in [1.165, 1.54) is 36.0 Å². The molecule has 1 aromatic rings. The molecule has 0 aliphatic carbocycles. The highest BCUT2D eigenvalue weighted by Gasteiger charge is 2.37. The van der Waals surface area contributed by atoms with Gasteiger partial charge in [0.2, 0.25) is 0 Å². The lowest BCUT2D eigenvalue weighted by molar-refractivity contribution is -0.925. The van der Waals surface area contributed by atoms with E-state index in [9.17, 15) is 0 Å². The standard InChI is InChI=1S/C12H19N2.BrH/c1-3-14(2)9-5-7-12(14)11-6-4-8-13-10-11;/h4,6,8,10,12H,3,5,7,9H2,1-2H3;1H/q+1;/p-1. The average molecular weight is 271 g/mol. The third kappa shape index (κ3) is 2.40. The Kier molecular flexibility index (Phi) is 4.29. The fourth-order valence-electron chi connectivity index (χ4n) is 2.59. The molecular formula is C12H19BrN2. The Morgan fingerprint density at radius 1 is 1.53 bits per heavy atom. The summed E-state index contributed by atoms with van der Waals surface area (Å²) in [6, 6.07) is 4.94. The highest BCUT2D eigenvalue weighted by molar-refractivity contribution is 5.12. The molecule has 1 aromatic heterocycles. The van der Waals surface area contributed by atoms with Gasteiger partial charge in [-0.15, -0.1) is 0 Å². The largest absolute Gasteiger partial charge is 1.00 e. The van der Waals surface area contributed by atoms with E-state index < -0.39 is 0 Å². The van der Waals surface area contributed by atoms with Crippen molar-refractivity contribution < 1.29 is 21.5 Å². The molecule has 0 N–H and O–H groups in total. The van der Waals surface area contributed by atoms with Gasteiger partial charge in [0.05, 0.1) is 20.1 Å². The van der Waals surface area contributed by atoms with E-state index in [-0.39, 0.29) is 17.0 Å². The van der Waals surface area contributed by atoms with Gasteiger partial charge in [-0.3, -0.25) is 4.98 Å². The quantitative estimate of drug-likeness (QED) is 0.654. The monoisotopic (exact) mass is 270 g/mol. The summed E-state index contributed by atoms with van der Waals surface area (Å²) < 4.78 is 1.19. The number of nitrogens with zero attached hydrogens (tertiary/aromatic N) is 2. The van der Waals surface area contributed by atoms with Crippen molar-refractivity contribution >= 4 is 0 Å². The van der Waals surface area contributed by atoms with Gasteiger partial charge in [-0.05, 0) is 13.0 Å². The molecule has 2 nitrogen and oxygen atoms in total. The van der Waals surface area contributed by atoms with Gasteiger partial charge in [0.25, 0.3) is 0 Å². The minimum Gasteiger partial charge on any atom is -1.00 e. The molecule has 84 valence electrons. The van der Waals surface area contributed by atoms with E-state index in [2.05, 4.69) is 25.0 Å². The summed E-state index contributed by atoms with van der Waals surface area (Å²) in [5.41, 5.74) is 1.41. The molecule has 0 amide bonds. The Morgan fingerprint density at radius 2 is 2.33 bits per heavy atom. The molecule has 2 atom stereocenters. The lowest BCUT2D eigenvalue weighted by Gasteiger charge is -2.35. The summed E-state index contributed by atoms with van der Waals surface area (Å²) in [6.45, 7) is 4.82. The van der Waals surface area contributed by atoms with Crippen LogP contribution >= 0.6 is 0 Å². The molecule has 15 heavy (non-hydrogen) atoms. The summed E-state index contributed by atoms with van der Waals surface area (Å²) in [7, 11) is 2.37. The third-order valence-electron chi connectivity index (χ3n) is 3.69. The third-order valence-corrected chi connectivity index (χ3v) is 3.69. The molecule has 3 heteroatoms. The van der Waals surface area contributed by atoms with Crippen molar-refractivity contribution in [2.24, 2.45) is 0 Å². The molecule has 0 radical (unpaired) electrons. The van der Waals surface area contributed by atoms with Crippen molar-refractivity contribution in [2.45, 2.75) is 25.8 Å². The van der Waals surface area contributed by atoms with Crippen LogP contribution in [0.15, 0.2) is 24.5 Å². The maximum atomic E-state index is 4.22. The van der Waals surface area contributed by atoms with Crippen LogP contribution in [0.3, 0.4) is 0 Å². The zero-order valence-electron chi connectivity index (χ0n) is 9.49. The second-order valence-corrected chi connectivity index (χ2v) is 4.46. The first-order valence-corrected chi connectivity index (χ1v) is 5.50. The van der Waals surface area contributed by atoms with E-state index in [1.807, 2.05) is 18.5 Å². The van der Waals surface area contributed by atoms with Crippen molar-refractivity contribution in [3.8, 4) is 0 Å². The fraction of sp³-hybridized carbons (Fsp3) is 0.583. The molecule has 1 saturated heterocycles. The van der Waals surface area contributed by atoms with Crippen LogP contribution in [-0.4, -0.2) is 29.6 Å². The van der Waals surface area contributed by atoms with Crippen molar-refractivity contribution in [1.29, 1.82) is 0 Å². The first-order chi connectivity index (χ1) is 6.76. The van der Waals surface area contributed by atoms with Gasteiger partial charge in [0.1, 0.15) is 6.04 Å². The number of aromatic nitrogens is 1. The van der Waals surface area contributed by atoms with Crippen LogP contribution in [0.1, 0.15) is 31.4 Å². The van der Waals surface area contributed by atoms with E-state index in [0.717, 1.165) is 0 Å². The minimum atomic E-state index is 0. The SMILES string of the molecule is CC[N+]1(C)CCCC1c1cccnc1.[Br-]. The van der Waals surface area contributed by atoms with Gasteiger partial charge in [0, 0.05) is 30.8 Å². The topological polar surface area (TPSA) is 12.9 Å². The van der Waals surface area contributed by atoms with E-state index in [0.29, 0.717) is 6.04 Å². The van der Waals surface area contributed by atoms with E-state index in [4.69, 9.17) is 0 Å². The highest BCUT2D eigenvalue weighted by atomic mass is 79.9. The Balaban J connectivity index is 0.00000112. The normalized spacial score (nSPS) is 29.9. The Hall–Kier alpha value is -0.410. The number of hydrogen-bond donors (Lipinski definition) is 0. The van der Waals surface area contributed by atoms with Crippen LogP contribution < -0.4 is 17.0 Å². The number of halogens is 1. The number of likely N-dealkylation sites (tertiary alicyclic amines) is 1. The molecule has 1 aliphatic rings. The molecule has 2 rings (SSSR count). The van der Waals surface area contributed by atoms with Crippen molar-refractivity contribution in [3.63, 3.8) is 0 Å². The zero-order valence-corrected chi connectivity index (χ0v) is 11.1. The molecule has 2 unspecified atom stereocenters. The number of pyridine rings is 1. The molecule has 0 saturated carbocycles. The van der Waals surface area contributed by atoms with Gasteiger partial charge in [-0.2, -0.15) is 0 Å². The number of hydrogen-bond acceptors (Lipinski definition) is 1. The summed E-state index contributed by atoms with van der Waals surface area (Å²) in [4.78, 5) is 4.22. The minimum absolute atomic E-state index is 0. The summed E-state index contributed by atoms with van der Waals surface area (Å²) >= 11 is 0. The van der Waals surface area contributed by atoms with Gasteiger partial charge in [-0.1, -0.05) is 6.07 Å². The predicted molar refractivity (Wildman–Crippen MR) is 57.8 cm³/mol. The lowest BCUT2D eigenvalue weighted by Crippen LogP contribution is -3.00. The molecule has 1 aliphatic heterocycles. The van der Waals surface area contributed by atoms with Gasteiger partial charge >= 0.3 is 0 Å². The van der Waals surface area contributed by atoms with Gasteiger partial charge in [0.15, 0.2) is 0 Å². The van der Waals surface area contributed by atoms with Crippen molar-refractivity contribution in [1.82, 2.24) is 4.98 Å². The molecule has 0 spiro atoms. The van der Waals surface area contributed by atoms with Crippen LogP contribution in [0.5, 0.6) is 0 Å². The Labute approximate surface area is 103 Å². The molecule has 1 fully saturated rings. The van der Waals surface area contributed by atoms with Crippen LogP contribution in [0.4, 0.5) is 0 Å². The zero-order chi connectivity index (χ0) is 10.0. The maximum Gasteiger partial charge on any atom is 0.116 e. The summed E-state index contributed by atoms with van der Waals surface area (Å²) in [5, 5.41) is 0. The Morgan fingerprint density at radius 3 is 2.93 bits per heavy atom. The van der Waals surface area contributed by atoms with Crippen LogP contribution in [0.25, 0.3) is 0 Å². The number of quaternary nitrogens is 1. The van der Waals surface area contributed by atoms with Gasteiger partial charge in [-0.25, -0.2) is 0 Å². The second-order valence-electron chi connectivity index (χ2n) is 4.46. The average Bonchev–Trinajstić information content (AvgIpc) is 2.63. The molecule has 0 bridgehead atoms. The molecular weight excluding hydrogens is 252 g/mol. The maximum absolute atomic E-state index is 4.22. The summed E-state index contributed by atoms with van der Waals surface area (Å²) in [6.07, 6.45) is 6.55. The lowest BCUT2D eigenvalue weighted by atomic mass is 10.1. The van der Waals surface area contributed by atoms with E-state index >= 15 is 0 Å². The van der Waals surface area contributed by atoms with Crippen molar-refractivity contribution in [3.05, 3.63) is 30.1 Å². The predicted octanol–water partition coefficient (Wildman–Crippen LogP) is -0.613. The first kappa shape index (κ1) is 12.7. The van der Waals surface area contributed by atoms with Crippen LogP contribution in [-0.2, 0) is 0 Å². The van der Waals surface area contributed by atoms with E-state index in [1.54, 1.807) is 0 Å². The van der Waals surface area contributed by atoms with Crippen LogP contribution in [0, 0.1) is 0 Å². The molecule has 0 aromatic carbocycles. The molecule has 2 heterocycles. The Bertz CT molecular complexity index is 302. The second kappa shape index (κ2) is 5.08. The van der Waals surface area contributed by atoms with Gasteiger partial charge < -0.3 is 21.5 Å².